The first-order valence-electron chi connectivity index (χ1n) is 9.97. The zero-order valence-electron chi connectivity index (χ0n) is 16.3. The summed E-state index contributed by atoms with van der Waals surface area (Å²) in [6.07, 6.45) is 5.71. The number of pyridine rings is 1. The Bertz CT molecular complexity index is 1270. The molecule has 0 amide bonds. The number of fused-ring (bicyclic) bond motifs is 2. The third-order valence-electron chi connectivity index (χ3n) is 5.72. The first kappa shape index (κ1) is 18.0. The van der Waals surface area contributed by atoms with Crippen LogP contribution in [0.15, 0.2) is 47.5 Å². The Balaban J connectivity index is 1.60. The highest BCUT2D eigenvalue weighted by Gasteiger charge is 2.17. The van der Waals surface area contributed by atoms with E-state index in [1.165, 1.54) is 0 Å². The Morgan fingerprint density at radius 3 is 2.83 bits per heavy atom. The number of benzene rings is 1. The summed E-state index contributed by atoms with van der Waals surface area (Å²) in [5, 5.41) is 19.4. The van der Waals surface area contributed by atoms with Crippen LogP contribution in [0.4, 0.5) is 0 Å². The van der Waals surface area contributed by atoms with Gasteiger partial charge in [0.25, 0.3) is 5.56 Å². The lowest BCUT2D eigenvalue weighted by atomic mass is 10.0. The predicted octanol–water partition coefficient (Wildman–Crippen LogP) is 2.44. The van der Waals surface area contributed by atoms with Crippen molar-refractivity contribution >= 4 is 16.4 Å². The minimum absolute atomic E-state index is 0.0608. The van der Waals surface area contributed by atoms with E-state index >= 15 is 0 Å². The van der Waals surface area contributed by atoms with E-state index in [2.05, 4.69) is 15.4 Å². The molecule has 1 aliphatic heterocycles. The first-order chi connectivity index (χ1) is 14.1. The molecule has 0 atom stereocenters. The molecule has 0 aliphatic carbocycles. The minimum Gasteiger partial charge on any atom is -0.392 e. The third-order valence-corrected chi connectivity index (χ3v) is 5.72. The molecular weight excluding hydrogens is 366 g/mol. The predicted molar refractivity (Wildman–Crippen MR) is 112 cm³/mol. The van der Waals surface area contributed by atoms with E-state index in [1.54, 1.807) is 4.52 Å². The Morgan fingerprint density at radius 2 is 2.03 bits per heavy atom. The largest absolute Gasteiger partial charge is 0.392 e. The fraction of sp³-hybridized carbons (Fsp3) is 0.318. The van der Waals surface area contributed by atoms with E-state index in [9.17, 15) is 9.90 Å². The molecule has 4 aromatic rings. The van der Waals surface area contributed by atoms with Gasteiger partial charge in [-0.25, -0.2) is 9.50 Å². The van der Waals surface area contributed by atoms with Crippen molar-refractivity contribution in [3.8, 4) is 11.3 Å². The highest BCUT2D eigenvalue weighted by molar-refractivity contribution is 5.86. The molecule has 1 fully saturated rings. The van der Waals surface area contributed by atoms with Crippen LogP contribution >= 0.6 is 0 Å². The van der Waals surface area contributed by atoms with Crippen LogP contribution in [0.3, 0.4) is 0 Å². The molecule has 148 valence electrons. The Labute approximate surface area is 167 Å². The maximum absolute atomic E-state index is 13.0. The second-order valence-corrected chi connectivity index (χ2v) is 7.67. The molecule has 1 aromatic carbocycles. The quantitative estimate of drug-likeness (QED) is 0.562. The molecule has 7 heteroatoms. The number of aromatic nitrogens is 4. The monoisotopic (exact) mass is 389 g/mol. The van der Waals surface area contributed by atoms with Crippen molar-refractivity contribution in [3.05, 3.63) is 64.3 Å². The van der Waals surface area contributed by atoms with Gasteiger partial charge >= 0.3 is 0 Å². The molecule has 5 rings (SSSR count). The Hall–Kier alpha value is -3.03. The summed E-state index contributed by atoms with van der Waals surface area (Å²) in [5.41, 5.74) is 3.94. The smallest absolute Gasteiger partial charge is 0.258 e. The molecule has 0 radical (unpaired) electrons. The zero-order chi connectivity index (χ0) is 20.0. The van der Waals surface area contributed by atoms with E-state index in [-0.39, 0.29) is 18.2 Å². The molecule has 2 N–H and O–H groups in total. The van der Waals surface area contributed by atoms with Crippen molar-refractivity contribution in [2.45, 2.75) is 32.4 Å². The van der Waals surface area contributed by atoms with Gasteiger partial charge in [0, 0.05) is 28.8 Å². The van der Waals surface area contributed by atoms with Gasteiger partial charge in [0.15, 0.2) is 5.65 Å². The van der Waals surface area contributed by atoms with Crippen molar-refractivity contribution in [1.29, 1.82) is 0 Å². The number of hydrogen-bond acceptors (Lipinski definition) is 5. The summed E-state index contributed by atoms with van der Waals surface area (Å²) >= 11 is 0. The van der Waals surface area contributed by atoms with Crippen LogP contribution in [0.2, 0.25) is 0 Å². The molecule has 29 heavy (non-hydrogen) atoms. The lowest BCUT2D eigenvalue weighted by Crippen LogP contribution is -2.34. The summed E-state index contributed by atoms with van der Waals surface area (Å²) < 4.78 is 3.58. The maximum Gasteiger partial charge on any atom is 0.258 e. The normalized spacial score (nSPS) is 15.4. The van der Waals surface area contributed by atoms with Crippen LogP contribution in [0.1, 0.15) is 30.1 Å². The second kappa shape index (κ2) is 7.09. The van der Waals surface area contributed by atoms with Gasteiger partial charge in [-0.15, -0.1) is 0 Å². The standard InChI is InChI=1S/C22H23N5O2/c1-14-12-27-21(24-14)17(13-28)11-20(25-27)16-2-3-19-15(10-16)6-9-26(22(19)29)18-4-7-23-8-5-18/h2-3,6,9-12,18,23,28H,4-5,7-8,13H2,1H3. The number of imidazole rings is 1. The molecule has 0 bridgehead atoms. The molecule has 7 nitrogen and oxygen atoms in total. The molecule has 0 unspecified atom stereocenters. The van der Waals surface area contributed by atoms with E-state index in [0.717, 1.165) is 59.2 Å². The van der Waals surface area contributed by atoms with E-state index in [0.29, 0.717) is 5.65 Å². The van der Waals surface area contributed by atoms with Gasteiger partial charge in [0.2, 0.25) is 0 Å². The summed E-state index contributed by atoms with van der Waals surface area (Å²) in [6.45, 7) is 3.69. The highest BCUT2D eigenvalue weighted by atomic mass is 16.3. The Morgan fingerprint density at radius 1 is 1.21 bits per heavy atom. The fourth-order valence-electron chi connectivity index (χ4n) is 4.21. The number of aryl methyl sites for hydroxylation is 1. The lowest BCUT2D eigenvalue weighted by molar-refractivity contribution is 0.282. The van der Waals surface area contributed by atoms with Crippen LogP contribution in [0, 0.1) is 6.92 Å². The van der Waals surface area contributed by atoms with Gasteiger partial charge in [-0.1, -0.05) is 6.07 Å². The van der Waals surface area contributed by atoms with Crippen LogP contribution in [-0.2, 0) is 6.61 Å². The number of nitrogens with one attached hydrogen (secondary N) is 1. The van der Waals surface area contributed by atoms with Gasteiger partial charge in [-0.05, 0) is 62.5 Å². The summed E-state index contributed by atoms with van der Waals surface area (Å²) in [4.78, 5) is 17.5. The SMILES string of the molecule is Cc1cn2nc(-c3ccc4c(=O)n(C5CCNCC5)ccc4c3)cc(CO)c2n1. The number of nitrogens with zero attached hydrogens (tertiary/aromatic N) is 4. The average molecular weight is 389 g/mol. The Kier molecular flexibility index (Phi) is 4.41. The van der Waals surface area contributed by atoms with Gasteiger partial charge in [-0.3, -0.25) is 4.79 Å². The van der Waals surface area contributed by atoms with Gasteiger partial charge in [0.1, 0.15) is 0 Å². The van der Waals surface area contributed by atoms with Crippen molar-refractivity contribution in [2.24, 2.45) is 0 Å². The lowest BCUT2D eigenvalue weighted by Gasteiger charge is -2.25. The molecule has 1 aliphatic rings. The molecule has 3 aromatic heterocycles. The van der Waals surface area contributed by atoms with Crippen molar-refractivity contribution in [2.75, 3.05) is 13.1 Å². The summed E-state index contributed by atoms with van der Waals surface area (Å²) in [6, 6.07) is 9.93. The third kappa shape index (κ3) is 3.12. The summed E-state index contributed by atoms with van der Waals surface area (Å²) in [7, 11) is 0. The summed E-state index contributed by atoms with van der Waals surface area (Å²) in [5.74, 6) is 0. The van der Waals surface area contributed by atoms with Crippen molar-refractivity contribution < 1.29 is 5.11 Å². The number of rotatable bonds is 3. The molecule has 0 spiro atoms. The van der Waals surface area contributed by atoms with E-state index in [4.69, 9.17) is 0 Å². The van der Waals surface area contributed by atoms with Crippen LogP contribution in [0.5, 0.6) is 0 Å². The molecule has 4 heterocycles. The van der Waals surface area contributed by atoms with E-state index < -0.39 is 0 Å². The zero-order valence-corrected chi connectivity index (χ0v) is 16.3. The maximum atomic E-state index is 13.0. The topological polar surface area (TPSA) is 84.5 Å². The minimum atomic E-state index is -0.107. The van der Waals surface area contributed by atoms with Gasteiger partial charge in [0.05, 0.1) is 24.2 Å². The van der Waals surface area contributed by atoms with Gasteiger partial charge in [-0.2, -0.15) is 5.10 Å². The van der Waals surface area contributed by atoms with Crippen molar-refractivity contribution in [3.63, 3.8) is 0 Å². The van der Waals surface area contributed by atoms with Gasteiger partial charge < -0.3 is 15.0 Å². The molecular formula is C22H23N5O2. The fourth-order valence-corrected chi connectivity index (χ4v) is 4.21. The van der Waals surface area contributed by atoms with Crippen LogP contribution in [0.25, 0.3) is 27.7 Å². The number of aliphatic hydroxyl groups excluding tert-OH is 1. The molecule has 0 saturated carbocycles. The number of hydrogen-bond donors (Lipinski definition) is 2. The second-order valence-electron chi connectivity index (χ2n) is 7.67. The van der Waals surface area contributed by atoms with Crippen LogP contribution < -0.4 is 10.9 Å². The van der Waals surface area contributed by atoms with Crippen LogP contribution in [-0.4, -0.2) is 37.4 Å². The molecule has 1 saturated heterocycles. The van der Waals surface area contributed by atoms with Crippen molar-refractivity contribution in [1.82, 2.24) is 24.5 Å². The first-order valence-corrected chi connectivity index (χ1v) is 9.97. The number of aliphatic hydroxyl groups is 1. The van der Waals surface area contributed by atoms with E-state index in [1.807, 2.05) is 54.2 Å². The highest BCUT2D eigenvalue weighted by Crippen LogP contribution is 2.25. The average Bonchev–Trinajstić information content (AvgIpc) is 3.13. The number of piperidine rings is 1.